The van der Waals surface area contributed by atoms with E-state index in [2.05, 4.69) is 68.5 Å². The number of likely N-dealkylation sites (tertiary alicyclic amines) is 1. The van der Waals surface area contributed by atoms with Gasteiger partial charge in [0.05, 0.1) is 40.1 Å². The molecule has 42 heavy (non-hydrogen) atoms. The minimum Gasteiger partial charge on any atom is -0.383 e. The third-order valence-electron chi connectivity index (χ3n) is 8.72. The maximum absolute atomic E-state index is 9.86. The lowest BCUT2D eigenvalue weighted by molar-refractivity contribution is 0.270. The van der Waals surface area contributed by atoms with Crippen LogP contribution in [0.1, 0.15) is 62.5 Å². The third-order valence-corrected chi connectivity index (χ3v) is 9.26. The van der Waals surface area contributed by atoms with Crippen LogP contribution in [-0.2, 0) is 0 Å². The smallest absolute Gasteiger partial charge is 0.109 e. The molecule has 2 aromatic heterocycles. The average Bonchev–Trinajstić information content (AvgIpc) is 3.82. The number of benzene rings is 2. The number of nitrogens with one attached hydrogen (secondary N) is 2. The molecule has 0 spiro atoms. The second-order valence-electron chi connectivity index (χ2n) is 13.2. The number of nitriles is 1. The van der Waals surface area contributed by atoms with Gasteiger partial charge in [0, 0.05) is 59.8 Å². The fourth-order valence-corrected chi connectivity index (χ4v) is 6.74. The summed E-state index contributed by atoms with van der Waals surface area (Å²) >= 11 is 13.0. The number of piperidine rings is 1. The maximum Gasteiger partial charge on any atom is 0.109 e. The summed E-state index contributed by atoms with van der Waals surface area (Å²) < 4.78 is 2.07. The zero-order valence-electron chi connectivity index (χ0n) is 24.0. The largest absolute Gasteiger partial charge is 0.383 e. The number of hydrogen-bond donors (Lipinski definition) is 2. The van der Waals surface area contributed by atoms with Crippen LogP contribution in [0.5, 0.6) is 0 Å². The van der Waals surface area contributed by atoms with Crippen molar-refractivity contribution in [1.82, 2.24) is 24.9 Å². The number of nitrogens with zero attached hydrogens (tertiary/aromatic N) is 6. The Kier molecular flexibility index (Phi) is 6.80. The molecule has 1 saturated heterocycles. The van der Waals surface area contributed by atoms with Gasteiger partial charge in [-0.2, -0.15) is 5.26 Å². The van der Waals surface area contributed by atoms with Crippen molar-refractivity contribution in [3.63, 3.8) is 0 Å². The van der Waals surface area contributed by atoms with Crippen LogP contribution in [0, 0.1) is 28.6 Å². The molecule has 0 amide bonds. The van der Waals surface area contributed by atoms with E-state index in [1.54, 1.807) is 6.20 Å². The molecule has 10 heteroatoms. The van der Waals surface area contributed by atoms with Gasteiger partial charge in [0.1, 0.15) is 11.8 Å². The van der Waals surface area contributed by atoms with Gasteiger partial charge in [-0.25, -0.2) is 4.68 Å². The number of pyridine rings is 1. The first-order chi connectivity index (χ1) is 20.2. The number of fused-ring (bicyclic) bond motifs is 2. The van der Waals surface area contributed by atoms with E-state index in [1.807, 2.05) is 36.4 Å². The lowest BCUT2D eigenvalue weighted by Gasteiger charge is -2.22. The molecule has 216 valence electrons. The first kappa shape index (κ1) is 27.5. The first-order valence-corrected chi connectivity index (χ1v) is 15.4. The summed E-state index contributed by atoms with van der Waals surface area (Å²) in [6.07, 6.45) is 6.38. The average molecular weight is 602 g/mol. The highest BCUT2D eigenvalue weighted by Crippen LogP contribution is 2.56. The molecule has 0 bridgehead atoms. The lowest BCUT2D eigenvalue weighted by Crippen LogP contribution is -2.27. The van der Waals surface area contributed by atoms with Crippen LogP contribution in [0.4, 0.5) is 11.4 Å². The highest BCUT2D eigenvalue weighted by Gasteiger charge is 2.59. The maximum atomic E-state index is 9.86. The molecular weight excluding hydrogens is 567 g/mol. The second kappa shape index (κ2) is 10.4. The third kappa shape index (κ3) is 5.30. The Morgan fingerprint density at radius 1 is 1.10 bits per heavy atom. The lowest BCUT2D eigenvalue weighted by atomic mass is 9.96. The Hall–Kier alpha value is -3.38. The second-order valence-corrected chi connectivity index (χ2v) is 14.0. The predicted octanol–water partition coefficient (Wildman–Crippen LogP) is 6.93. The van der Waals surface area contributed by atoms with E-state index in [0.717, 1.165) is 34.1 Å². The van der Waals surface area contributed by atoms with Gasteiger partial charge in [-0.05, 0) is 48.1 Å². The summed E-state index contributed by atoms with van der Waals surface area (Å²) in [5.74, 6) is 1.34. The van der Waals surface area contributed by atoms with Crippen molar-refractivity contribution in [1.29, 1.82) is 5.26 Å². The van der Waals surface area contributed by atoms with Crippen LogP contribution in [0.2, 0.25) is 10.0 Å². The minimum atomic E-state index is -0.288. The van der Waals surface area contributed by atoms with Gasteiger partial charge in [0.25, 0.3) is 0 Å². The highest BCUT2D eigenvalue weighted by molar-refractivity contribution is 6.36. The molecule has 1 unspecified atom stereocenters. The van der Waals surface area contributed by atoms with Gasteiger partial charge in [-0.1, -0.05) is 61.3 Å². The van der Waals surface area contributed by atoms with Crippen molar-refractivity contribution in [2.45, 2.75) is 51.7 Å². The summed E-state index contributed by atoms with van der Waals surface area (Å²) in [5, 5.41) is 28.2. The monoisotopic (exact) mass is 600 g/mol. The Morgan fingerprint density at radius 2 is 1.83 bits per heavy atom. The molecule has 3 heterocycles. The van der Waals surface area contributed by atoms with Crippen LogP contribution in [0.25, 0.3) is 10.9 Å². The van der Waals surface area contributed by atoms with E-state index in [1.165, 1.54) is 25.9 Å². The Bertz CT molecular complexity index is 1670. The summed E-state index contributed by atoms with van der Waals surface area (Å²) in [5.41, 5.74) is 4.50. The first-order valence-electron chi connectivity index (χ1n) is 14.6. The SMILES string of the molecule is CC(C)(C)CNc1c(C#N)cnc2c(Cl)cc(NC(c3ccc(Cl)cc3)c3cn([C@H]4[C@@H]5CN(C6CC6)C[C@@H]54)nn3)cc12. The minimum absolute atomic E-state index is 0.0176. The molecule has 2 aromatic carbocycles. The molecule has 2 saturated carbocycles. The molecule has 3 aliphatic rings. The Labute approximate surface area is 256 Å². The van der Waals surface area contributed by atoms with Crippen molar-refractivity contribution >= 4 is 45.5 Å². The fourth-order valence-electron chi connectivity index (χ4n) is 6.35. The van der Waals surface area contributed by atoms with E-state index < -0.39 is 0 Å². The van der Waals surface area contributed by atoms with Crippen LogP contribution < -0.4 is 10.6 Å². The van der Waals surface area contributed by atoms with Crippen molar-refractivity contribution in [2.75, 3.05) is 30.3 Å². The van der Waals surface area contributed by atoms with E-state index in [9.17, 15) is 5.26 Å². The van der Waals surface area contributed by atoms with Crippen LogP contribution >= 0.6 is 23.2 Å². The van der Waals surface area contributed by atoms with Crippen molar-refractivity contribution < 1.29 is 0 Å². The van der Waals surface area contributed by atoms with E-state index in [4.69, 9.17) is 23.2 Å². The molecule has 2 N–H and O–H groups in total. The van der Waals surface area contributed by atoms with Gasteiger partial charge in [0.2, 0.25) is 0 Å². The standard InChI is InChI=1S/C32H34Cl2N8/c1-32(2,3)17-37-28-19(12-35)13-36-30-23(28)10-21(11-26(30)34)38-29(18-4-6-20(33)7-5-18)27-16-42(40-39-27)31-24-14-41(15-25(24)31)22-8-9-22/h4-7,10-11,13,16,22,24-25,29,31,38H,8-9,14-15,17H2,1-3H3,(H,36,37)/t24-,25+,29?,31+. The fraction of sp³-hybridized carbons (Fsp3) is 0.438. The molecule has 2 aliphatic carbocycles. The van der Waals surface area contributed by atoms with Gasteiger partial charge in [-0.3, -0.25) is 9.88 Å². The topological polar surface area (TPSA) is 94.7 Å². The molecule has 0 radical (unpaired) electrons. The number of aromatic nitrogens is 4. The van der Waals surface area contributed by atoms with E-state index in [-0.39, 0.29) is 11.5 Å². The van der Waals surface area contributed by atoms with Crippen molar-refractivity contribution in [3.8, 4) is 6.07 Å². The summed E-state index contributed by atoms with van der Waals surface area (Å²) in [6, 6.07) is 14.9. The Balaban J connectivity index is 1.21. The molecule has 8 nitrogen and oxygen atoms in total. The summed E-state index contributed by atoms with van der Waals surface area (Å²) in [6.45, 7) is 9.49. The molecular formula is C32H34Cl2N8. The zero-order chi connectivity index (χ0) is 29.2. The molecule has 7 rings (SSSR count). The molecule has 4 atom stereocenters. The number of rotatable bonds is 8. The number of hydrogen-bond acceptors (Lipinski definition) is 7. The normalized spacial score (nSPS) is 22.5. The predicted molar refractivity (Wildman–Crippen MR) is 167 cm³/mol. The summed E-state index contributed by atoms with van der Waals surface area (Å²) in [4.78, 5) is 7.17. The van der Waals surface area contributed by atoms with Crippen molar-refractivity contribution in [2.24, 2.45) is 17.3 Å². The van der Waals surface area contributed by atoms with Gasteiger partial charge in [-0.15, -0.1) is 5.10 Å². The van der Waals surface area contributed by atoms with Crippen LogP contribution in [0.3, 0.4) is 0 Å². The zero-order valence-corrected chi connectivity index (χ0v) is 25.5. The summed E-state index contributed by atoms with van der Waals surface area (Å²) in [7, 11) is 0. The van der Waals surface area contributed by atoms with Gasteiger partial charge < -0.3 is 10.6 Å². The number of anilines is 2. The number of halogens is 2. The van der Waals surface area contributed by atoms with Crippen LogP contribution in [-0.4, -0.2) is 50.6 Å². The molecule has 1 aliphatic heterocycles. The Morgan fingerprint density at radius 3 is 2.50 bits per heavy atom. The van der Waals surface area contributed by atoms with Gasteiger partial charge >= 0.3 is 0 Å². The quantitative estimate of drug-likeness (QED) is 0.226. The van der Waals surface area contributed by atoms with E-state index in [0.29, 0.717) is 45.5 Å². The van der Waals surface area contributed by atoms with Gasteiger partial charge in [0.15, 0.2) is 0 Å². The van der Waals surface area contributed by atoms with E-state index >= 15 is 0 Å². The molecule has 4 aromatic rings. The highest BCUT2D eigenvalue weighted by atomic mass is 35.5. The molecule has 3 fully saturated rings. The van der Waals surface area contributed by atoms with Crippen LogP contribution in [0.15, 0.2) is 48.8 Å². The van der Waals surface area contributed by atoms with Crippen molar-refractivity contribution in [3.05, 3.63) is 75.7 Å².